The smallest absolute Gasteiger partial charge is 0.327 e. The van der Waals surface area contributed by atoms with Gasteiger partial charge in [0.2, 0.25) is 5.91 Å². The van der Waals surface area contributed by atoms with E-state index >= 15 is 0 Å². The largest absolute Gasteiger partial charge is 0.468 e. The topological polar surface area (TPSA) is 67.4 Å². The maximum atomic E-state index is 12.1. The zero-order chi connectivity index (χ0) is 16.0. The second-order valence-corrected chi connectivity index (χ2v) is 5.99. The minimum atomic E-state index is -0.670. The van der Waals surface area contributed by atoms with Crippen molar-refractivity contribution in [3.05, 3.63) is 35.9 Å². The highest BCUT2D eigenvalue weighted by Gasteiger charge is 2.27. The highest BCUT2D eigenvalue weighted by atomic mass is 16.5. The number of nitrogens with one attached hydrogen (secondary N) is 2. The van der Waals surface area contributed by atoms with Crippen molar-refractivity contribution in [3.8, 4) is 0 Å². The minimum Gasteiger partial charge on any atom is -0.468 e. The first-order chi connectivity index (χ1) is 9.74. The van der Waals surface area contributed by atoms with Crippen molar-refractivity contribution < 1.29 is 14.3 Å². The van der Waals surface area contributed by atoms with Gasteiger partial charge in [-0.15, -0.1) is 0 Å². The average Bonchev–Trinajstić information content (AvgIpc) is 2.42. The SMILES string of the molecule is COC(=O)C(NC(C)C(=O)NC(C)(C)C)c1ccccc1. The van der Waals surface area contributed by atoms with Crippen LogP contribution >= 0.6 is 0 Å². The van der Waals surface area contributed by atoms with Crippen LogP contribution in [-0.4, -0.2) is 30.6 Å². The molecule has 0 saturated heterocycles. The van der Waals surface area contributed by atoms with Crippen molar-refractivity contribution in [3.63, 3.8) is 0 Å². The Hall–Kier alpha value is -1.88. The molecule has 116 valence electrons. The summed E-state index contributed by atoms with van der Waals surface area (Å²) >= 11 is 0. The second-order valence-electron chi connectivity index (χ2n) is 5.99. The van der Waals surface area contributed by atoms with Crippen LogP contribution in [0, 0.1) is 0 Å². The first kappa shape index (κ1) is 17.2. The lowest BCUT2D eigenvalue weighted by Crippen LogP contribution is -2.51. The lowest BCUT2D eigenvalue weighted by molar-refractivity contribution is -0.143. The predicted molar refractivity (Wildman–Crippen MR) is 81.7 cm³/mol. The number of benzene rings is 1. The van der Waals surface area contributed by atoms with Gasteiger partial charge < -0.3 is 10.1 Å². The Balaban J connectivity index is 2.83. The maximum Gasteiger partial charge on any atom is 0.327 e. The highest BCUT2D eigenvalue weighted by Crippen LogP contribution is 2.15. The molecule has 0 saturated carbocycles. The van der Waals surface area contributed by atoms with E-state index in [4.69, 9.17) is 4.74 Å². The molecule has 0 aliphatic heterocycles. The summed E-state index contributed by atoms with van der Waals surface area (Å²) < 4.78 is 4.82. The number of carbonyl (C=O) groups is 2. The van der Waals surface area contributed by atoms with E-state index in [0.717, 1.165) is 5.56 Å². The van der Waals surface area contributed by atoms with E-state index in [9.17, 15) is 9.59 Å². The van der Waals surface area contributed by atoms with Gasteiger partial charge in [-0.2, -0.15) is 0 Å². The fourth-order valence-corrected chi connectivity index (χ4v) is 1.87. The van der Waals surface area contributed by atoms with Gasteiger partial charge in [-0.3, -0.25) is 10.1 Å². The van der Waals surface area contributed by atoms with Gasteiger partial charge in [0.25, 0.3) is 0 Å². The molecule has 0 bridgehead atoms. The Morgan fingerprint density at radius 1 is 1.14 bits per heavy atom. The first-order valence-corrected chi connectivity index (χ1v) is 6.95. The number of hydrogen-bond acceptors (Lipinski definition) is 4. The van der Waals surface area contributed by atoms with Crippen LogP contribution in [0.25, 0.3) is 0 Å². The van der Waals surface area contributed by atoms with Gasteiger partial charge in [0.15, 0.2) is 0 Å². The zero-order valence-corrected chi connectivity index (χ0v) is 13.3. The monoisotopic (exact) mass is 292 g/mol. The number of carbonyl (C=O) groups excluding carboxylic acids is 2. The Morgan fingerprint density at radius 2 is 1.71 bits per heavy atom. The fraction of sp³-hybridized carbons (Fsp3) is 0.500. The van der Waals surface area contributed by atoms with Crippen molar-refractivity contribution in [2.24, 2.45) is 0 Å². The van der Waals surface area contributed by atoms with Gasteiger partial charge in [0.1, 0.15) is 6.04 Å². The molecule has 0 aliphatic carbocycles. The average molecular weight is 292 g/mol. The summed E-state index contributed by atoms with van der Waals surface area (Å²) in [6.07, 6.45) is 0. The summed E-state index contributed by atoms with van der Waals surface area (Å²) in [5, 5.41) is 5.90. The second kappa shape index (κ2) is 7.22. The third kappa shape index (κ3) is 5.55. The molecule has 1 rings (SSSR count). The summed E-state index contributed by atoms with van der Waals surface area (Å²) in [5.41, 5.74) is 0.445. The van der Waals surface area contributed by atoms with Gasteiger partial charge in [0.05, 0.1) is 13.2 Å². The van der Waals surface area contributed by atoms with E-state index < -0.39 is 18.1 Å². The van der Waals surface area contributed by atoms with Crippen LogP contribution in [0.4, 0.5) is 0 Å². The molecule has 1 aromatic rings. The van der Waals surface area contributed by atoms with Crippen LogP contribution in [0.2, 0.25) is 0 Å². The molecule has 1 aromatic carbocycles. The van der Waals surface area contributed by atoms with E-state index in [1.807, 2.05) is 51.1 Å². The minimum absolute atomic E-state index is 0.160. The molecular formula is C16H24N2O3. The fourth-order valence-electron chi connectivity index (χ4n) is 1.87. The van der Waals surface area contributed by atoms with Gasteiger partial charge in [0, 0.05) is 5.54 Å². The number of esters is 1. The van der Waals surface area contributed by atoms with Crippen molar-refractivity contribution >= 4 is 11.9 Å². The molecule has 5 nitrogen and oxygen atoms in total. The van der Waals surface area contributed by atoms with Crippen LogP contribution in [0.15, 0.2) is 30.3 Å². The van der Waals surface area contributed by atoms with Gasteiger partial charge in [-0.1, -0.05) is 30.3 Å². The summed E-state index contributed by atoms with van der Waals surface area (Å²) in [6, 6.07) is 8.00. The molecule has 0 radical (unpaired) electrons. The van der Waals surface area contributed by atoms with Crippen molar-refractivity contribution in [1.29, 1.82) is 0 Å². The lowest BCUT2D eigenvalue weighted by Gasteiger charge is -2.26. The number of hydrogen-bond donors (Lipinski definition) is 2. The number of ether oxygens (including phenoxy) is 1. The maximum absolute atomic E-state index is 12.1. The van der Waals surface area contributed by atoms with Crippen LogP contribution in [0.1, 0.15) is 39.3 Å². The van der Waals surface area contributed by atoms with Crippen molar-refractivity contribution in [1.82, 2.24) is 10.6 Å². The summed E-state index contributed by atoms with van der Waals surface area (Å²) in [5.74, 6) is -0.580. The molecule has 0 aliphatic rings. The van der Waals surface area contributed by atoms with E-state index in [1.54, 1.807) is 6.92 Å². The van der Waals surface area contributed by atoms with Crippen LogP contribution < -0.4 is 10.6 Å². The van der Waals surface area contributed by atoms with Gasteiger partial charge in [-0.25, -0.2) is 4.79 Å². The quantitative estimate of drug-likeness (QED) is 0.812. The Morgan fingerprint density at radius 3 is 2.19 bits per heavy atom. The van der Waals surface area contributed by atoms with Gasteiger partial charge in [-0.05, 0) is 33.3 Å². The zero-order valence-electron chi connectivity index (χ0n) is 13.3. The number of amides is 1. The summed E-state index contributed by atoms with van der Waals surface area (Å²) in [7, 11) is 1.33. The van der Waals surface area contributed by atoms with Crippen LogP contribution in [0.5, 0.6) is 0 Å². The van der Waals surface area contributed by atoms with E-state index in [2.05, 4.69) is 10.6 Å². The third-order valence-corrected chi connectivity index (χ3v) is 2.88. The normalized spacial score (nSPS) is 14.1. The number of methoxy groups -OCH3 is 1. The van der Waals surface area contributed by atoms with E-state index in [0.29, 0.717) is 0 Å². The Bertz CT molecular complexity index is 480. The third-order valence-electron chi connectivity index (χ3n) is 2.88. The molecule has 0 aromatic heterocycles. The molecular weight excluding hydrogens is 268 g/mol. The molecule has 2 N–H and O–H groups in total. The van der Waals surface area contributed by atoms with Crippen LogP contribution in [-0.2, 0) is 14.3 Å². The standard InChI is InChI=1S/C16H24N2O3/c1-11(14(19)18-16(2,3)4)17-13(15(20)21-5)12-9-7-6-8-10-12/h6-11,13,17H,1-5H3,(H,18,19). The molecule has 0 fully saturated rings. The van der Waals surface area contributed by atoms with Crippen LogP contribution in [0.3, 0.4) is 0 Å². The molecule has 0 heterocycles. The molecule has 21 heavy (non-hydrogen) atoms. The Labute approximate surface area is 126 Å². The van der Waals surface area contributed by atoms with E-state index in [1.165, 1.54) is 7.11 Å². The number of rotatable bonds is 5. The molecule has 5 heteroatoms. The Kier molecular flexibility index (Phi) is 5.90. The first-order valence-electron chi connectivity index (χ1n) is 6.95. The molecule has 2 unspecified atom stereocenters. The van der Waals surface area contributed by atoms with Crippen molar-refractivity contribution in [2.45, 2.75) is 45.3 Å². The molecule has 0 spiro atoms. The summed E-state index contributed by atoms with van der Waals surface area (Å²) in [6.45, 7) is 7.45. The van der Waals surface area contributed by atoms with Gasteiger partial charge >= 0.3 is 5.97 Å². The van der Waals surface area contributed by atoms with E-state index in [-0.39, 0.29) is 11.4 Å². The molecule has 2 atom stereocenters. The highest BCUT2D eigenvalue weighted by molar-refractivity contribution is 5.84. The molecule has 1 amide bonds. The predicted octanol–water partition coefficient (Wildman–Crippen LogP) is 1.79. The van der Waals surface area contributed by atoms with Crippen molar-refractivity contribution in [2.75, 3.05) is 7.11 Å². The lowest BCUT2D eigenvalue weighted by atomic mass is 10.1. The summed E-state index contributed by atoms with van der Waals surface area (Å²) in [4.78, 5) is 24.0.